The van der Waals surface area contributed by atoms with Gasteiger partial charge in [-0.25, -0.2) is 10.9 Å². The summed E-state index contributed by atoms with van der Waals surface area (Å²) in [5, 5.41) is 26.4. The van der Waals surface area contributed by atoms with Gasteiger partial charge in [0.15, 0.2) is 0 Å². The Labute approximate surface area is 180 Å². The summed E-state index contributed by atoms with van der Waals surface area (Å²) in [6.45, 7) is 1.48. The van der Waals surface area contributed by atoms with Gasteiger partial charge in [0.05, 0.1) is 19.0 Å². The highest BCUT2D eigenvalue weighted by atomic mass is 16.3. The quantitative estimate of drug-likeness (QED) is 0.396. The average Bonchev–Trinajstić information content (AvgIpc) is 2.77. The minimum Gasteiger partial charge on any atom is -0.508 e. The van der Waals surface area contributed by atoms with Crippen molar-refractivity contribution in [1.82, 2.24) is 15.8 Å². The number of hydrogen-bond acceptors (Lipinski definition) is 7. The van der Waals surface area contributed by atoms with Crippen molar-refractivity contribution in [2.24, 2.45) is 16.1 Å². The Morgan fingerprint density at radius 3 is 1.87 bits per heavy atom. The van der Waals surface area contributed by atoms with Gasteiger partial charge in [-0.2, -0.15) is 10.2 Å². The van der Waals surface area contributed by atoms with Crippen LogP contribution in [0.3, 0.4) is 0 Å². The lowest BCUT2D eigenvalue weighted by molar-refractivity contribution is -0.126. The molecule has 0 saturated carbocycles. The van der Waals surface area contributed by atoms with Crippen molar-refractivity contribution in [3.63, 3.8) is 0 Å². The van der Waals surface area contributed by atoms with E-state index in [9.17, 15) is 19.8 Å². The van der Waals surface area contributed by atoms with E-state index in [-0.39, 0.29) is 35.8 Å². The van der Waals surface area contributed by atoms with Gasteiger partial charge in [-0.1, -0.05) is 0 Å². The summed E-state index contributed by atoms with van der Waals surface area (Å²) in [6.07, 6.45) is 4.32. The lowest BCUT2D eigenvalue weighted by Crippen LogP contribution is -2.43. The Morgan fingerprint density at radius 2 is 1.35 bits per heavy atom. The number of nitrogens with zero attached hydrogens (tertiary/aromatic N) is 3. The van der Waals surface area contributed by atoms with Crippen molar-refractivity contribution >= 4 is 24.2 Å². The van der Waals surface area contributed by atoms with Crippen LogP contribution in [0.15, 0.2) is 58.7 Å². The van der Waals surface area contributed by atoms with Crippen LogP contribution in [-0.2, 0) is 9.59 Å². The number of carbonyl (C=O) groups excluding carboxylic acids is 2. The summed E-state index contributed by atoms with van der Waals surface area (Å²) in [4.78, 5) is 26.3. The summed E-state index contributed by atoms with van der Waals surface area (Å²) in [6, 6.07) is 13.0. The number of piperidine rings is 1. The third-order valence-corrected chi connectivity index (χ3v) is 4.90. The first-order valence-corrected chi connectivity index (χ1v) is 9.95. The Hall–Kier alpha value is -3.72. The summed E-state index contributed by atoms with van der Waals surface area (Å²) < 4.78 is 0. The molecule has 2 amide bonds. The predicted octanol–water partition coefficient (Wildman–Crippen LogP) is 1.41. The van der Waals surface area contributed by atoms with Crippen LogP contribution < -0.4 is 10.9 Å². The van der Waals surface area contributed by atoms with Crippen molar-refractivity contribution in [3.8, 4) is 11.5 Å². The first-order chi connectivity index (χ1) is 15.0. The molecule has 3 rings (SSSR count). The molecule has 31 heavy (non-hydrogen) atoms. The molecule has 0 aliphatic carbocycles. The molecular weight excluding hydrogens is 398 g/mol. The molecule has 0 radical (unpaired) electrons. The van der Waals surface area contributed by atoms with Gasteiger partial charge in [0.25, 0.3) is 5.91 Å². The highest BCUT2D eigenvalue weighted by Gasteiger charge is 2.25. The molecular formula is C22H25N5O4. The summed E-state index contributed by atoms with van der Waals surface area (Å²) in [5.74, 6) is -0.175. The van der Waals surface area contributed by atoms with E-state index in [1.165, 1.54) is 12.4 Å². The summed E-state index contributed by atoms with van der Waals surface area (Å²) in [7, 11) is 0. The second kappa shape index (κ2) is 10.9. The molecule has 2 aromatic carbocycles. The SMILES string of the molecule is O=C(CN1CCC(C(=O)N/N=C\c2ccc(O)cc2)CC1)N/N=C\c1ccc(O)cc1. The smallest absolute Gasteiger partial charge is 0.254 e. The van der Waals surface area contributed by atoms with Crippen molar-refractivity contribution in [2.45, 2.75) is 12.8 Å². The van der Waals surface area contributed by atoms with Crippen molar-refractivity contribution < 1.29 is 19.8 Å². The number of phenols is 2. The van der Waals surface area contributed by atoms with Gasteiger partial charge < -0.3 is 10.2 Å². The number of hydrogen-bond donors (Lipinski definition) is 4. The fourth-order valence-electron chi connectivity index (χ4n) is 3.15. The van der Waals surface area contributed by atoms with Gasteiger partial charge in [0, 0.05) is 5.92 Å². The zero-order valence-corrected chi connectivity index (χ0v) is 16.9. The number of benzene rings is 2. The Balaban J connectivity index is 1.35. The third-order valence-electron chi connectivity index (χ3n) is 4.90. The molecule has 1 saturated heterocycles. The molecule has 1 aliphatic heterocycles. The minimum absolute atomic E-state index is 0.141. The predicted molar refractivity (Wildman–Crippen MR) is 117 cm³/mol. The Bertz CT molecular complexity index is 933. The molecule has 1 heterocycles. The van der Waals surface area contributed by atoms with Gasteiger partial charge in [-0.3, -0.25) is 14.5 Å². The van der Waals surface area contributed by atoms with Gasteiger partial charge in [-0.15, -0.1) is 0 Å². The summed E-state index contributed by atoms with van der Waals surface area (Å²) in [5.41, 5.74) is 6.57. The maximum Gasteiger partial charge on any atom is 0.254 e. The molecule has 9 heteroatoms. The van der Waals surface area contributed by atoms with Crippen LogP contribution in [0.2, 0.25) is 0 Å². The standard InChI is InChI=1S/C22H25N5O4/c28-19-5-1-16(2-6-19)13-23-25-21(30)15-27-11-9-18(10-12-27)22(31)26-24-14-17-3-7-20(29)8-4-17/h1-8,13-14,18,28-29H,9-12,15H2,(H,25,30)(H,26,31)/b23-13-,24-14-. The fourth-order valence-corrected chi connectivity index (χ4v) is 3.15. The van der Waals surface area contributed by atoms with Crippen molar-refractivity contribution in [3.05, 3.63) is 59.7 Å². The van der Waals surface area contributed by atoms with Gasteiger partial charge in [0.1, 0.15) is 11.5 Å². The molecule has 1 fully saturated rings. The van der Waals surface area contributed by atoms with Crippen LogP contribution in [-0.4, -0.2) is 59.0 Å². The number of phenolic OH excluding ortho intramolecular Hbond substituents is 2. The number of nitrogens with one attached hydrogen (secondary N) is 2. The highest BCUT2D eigenvalue weighted by molar-refractivity contribution is 5.84. The minimum atomic E-state index is -0.226. The van der Waals surface area contributed by atoms with E-state index in [0.717, 1.165) is 11.1 Å². The van der Waals surface area contributed by atoms with E-state index in [4.69, 9.17) is 0 Å². The number of carbonyl (C=O) groups is 2. The van der Waals surface area contributed by atoms with Crippen molar-refractivity contribution in [1.29, 1.82) is 0 Å². The molecule has 2 aromatic rings. The second-order valence-electron chi connectivity index (χ2n) is 7.26. The molecule has 162 valence electrons. The number of aromatic hydroxyl groups is 2. The van der Waals surface area contributed by atoms with Crippen LogP contribution in [0.25, 0.3) is 0 Å². The van der Waals surface area contributed by atoms with Crippen LogP contribution in [0.5, 0.6) is 11.5 Å². The van der Waals surface area contributed by atoms with E-state index in [2.05, 4.69) is 21.1 Å². The molecule has 9 nitrogen and oxygen atoms in total. The highest BCUT2D eigenvalue weighted by Crippen LogP contribution is 2.17. The molecule has 1 aliphatic rings. The van der Waals surface area contributed by atoms with Crippen molar-refractivity contribution in [2.75, 3.05) is 19.6 Å². The van der Waals surface area contributed by atoms with Gasteiger partial charge in [-0.05, 0) is 85.6 Å². The molecule has 0 spiro atoms. The van der Waals surface area contributed by atoms with E-state index >= 15 is 0 Å². The van der Waals surface area contributed by atoms with Crippen LogP contribution in [0, 0.1) is 5.92 Å². The first-order valence-electron chi connectivity index (χ1n) is 9.95. The molecule has 0 atom stereocenters. The average molecular weight is 423 g/mol. The zero-order valence-electron chi connectivity index (χ0n) is 16.9. The summed E-state index contributed by atoms with van der Waals surface area (Å²) >= 11 is 0. The van der Waals surface area contributed by atoms with Crippen LogP contribution in [0.1, 0.15) is 24.0 Å². The number of hydrazone groups is 2. The topological polar surface area (TPSA) is 127 Å². The maximum atomic E-state index is 12.3. The first kappa shape index (κ1) is 22.0. The Kier molecular flexibility index (Phi) is 7.72. The van der Waals surface area contributed by atoms with Gasteiger partial charge >= 0.3 is 0 Å². The third kappa shape index (κ3) is 7.23. The van der Waals surface area contributed by atoms with Gasteiger partial charge in [0.2, 0.25) is 5.91 Å². The number of rotatable bonds is 7. The van der Waals surface area contributed by atoms with Crippen LogP contribution >= 0.6 is 0 Å². The molecule has 0 unspecified atom stereocenters. The molecule has 4 N–H and O–H groups in total. The molecule has 0 aromatic heterocycles. The normalized spacial score (nSPS) is 15.4. The Morgan fingerprint density at radius 1 is 0.871 bits per heavy atom. The number of amides is 2. The number of likely N-dealkylation sites (tertiary alicyclic amines) is 1. The second-order valence-corrected chi connectivity index (χ2v) is 7.26. The van der Waals surface area contributed by atoms with Crippen LogP contribution in [0.4, 0.5) is 0 Å². The van der Waals surface area contributed by atoms with E-state index < -0.39 is 0 Å². The monoisotopic (exact) mass is 423 g/mol. The fraction of sp³-hybridized carbons (Fsp3) is 0.273. The largest absolute Gasteiger partial charge is 0.508 e. The zero-order chi connectivity index (χ0) is 22.1. The lowest BCUT2D eigenvalue weighted by atomic mass is 9.96. The molecule has 0 bridgehead atoms. The maximum absolute atomic E-state index is 12.3. The lowest BCUT2D eigenvalue weighted by Gasteiger charge is -2.30. The van der Waals surface area contributed by atoms with E-state index in [0.29, 0.717) is 25.9 Å². The van der Waals surface area contributed by atoms with E-state index in [1.54, 1.807) is 48.5 Å². The van der Waals surface area contributed by atoms with E-state index in [1.807, 2.05) is 4.90 Å².